The van der Waals surface area contributed by atoms with Gasteiger partial charge in [-0.2, -0.15) is 0 Å². The smallest absolute Gasteiger partial charge is 0.124 e. The van der Waals surface area contributed by atoms with Crippen molar-refractivity contribution in [3.8, 4) is 21.8 Å². The number of hydrogen-bond acceptors (Lipinski definition) is 4. The second-order valence-electron chi connectivity index (χ2n) is 4.44. The first-order valence-electron chi connectivity index (χ1n) is 6.54. The topological polar surface area (TPSA) is 51.8 Å². The fourth-order valence-electron chi connectivity index (χ4n) is 2.08. The van der Waals surface area contributed by atoms with Crippen LogP contribution in [0.4, 0.5) is 0 Å². The molecular formula is C16H15N3S. The monoisotopic (exact) mass is 281 g/mol. The molecule has 0 spiro atoms. The molecule has 0 aliphatic rings. The Labute approximate surface area is 122 Å². The van der Waals surface area contributed by atoms with Crippen molar-refractivity contribution in [3.63, 3.8) is 0 Å². The lowest BCUT2D eigenvalue weighted by molar-refractivity contribution is 0.986. The third kappa shape index (κ3) is 2.61. The molecule has 0 fully saturated rings. The number of thiazole rings is 1. The summed E-state index contributed by atoms with van der Waals surface area (Å²) in [4.78, 5) is 10.2. The van der Waals surface area contributed by atoms with E-state index < -0.39 is 0 Å². The number of nitrogens with zero attached hydrogens (tertiary/aromatic N) is 2. The van der Waals surface area contributed by atoms with E-state index in [1.807, 2.05) is 36.5 Å². The second-order valence-corrected chi connectivity index (χ2v) is 5.52. The SMILES string of the molecule is NCCc1sc(-c2ccccc2)nc1-c1cccnc1. The highest BCUT2D eigenvalue weighted by Gasteiger charge is 2.13. The van der Waals surface area contributed by atoms with E-state index in [0.29, 0.717) is 6.54 Å². The summed E-state index contributed by atoms with van der Waals surface area (Å²) in [6, 6.07) is 14.2. The molecule has 0 saturated carbocycles. The first-order valence-corrected chi connectivity index (χ1v) is 7.35. The van der Waals surface area contributed by atoms with E-state index in [0.717, 1.165) is 28.2 Å². The lowest BCUT2D eigenvalue weighted by Crippen LogP contribution is -2.02. The summed E-state index contributed by atoms with van der Waals surface area (Å²) in [5.41, 5.74) is 8.92. The van der Waals surface area contributed by atoms with E-state index in [1.165, 1.54) is 4.88 Å². The maximum absolute atomic E-state index is 5.72. The van der Waals surface area contributed by atoms with Crippen LogP contribution in [0.15, 0.2) is 54.9 Å². The zero-order valence-corrected chi connectivity index (χ0v) is 11.8. The number of aromatic nitrogens is 2. The van der Waals surface area contributed by atoms with Gasteiger partial charge in [0.15, 0.2) is 0 Å². The molecule has 1 aromatic carbocycles. The summed E-state index contributed by atoms with van der Waals surface area (Å²) in [7, 11) is 0. The zero-order valence-electron chi connectivity index (χ0n) is 11.0. The Bertz CT molecular complexity index is 677. The van der Waals surface area contributed by atoms with Gasteiger partial charge in [0.05, 0.1) is 5.69 Å². The quantitative estimate of drug-likeness (QED) is 0.797. The predicted molar refractivity (Wildman–Crippen MR) is 83.5 cm³/mol. The zero-order chi connectivity index (χ0) is 13.8. The van der Waals surface area contributed by atoms with Gasteiger partial charge in [0.2, 0.25) is 0 Å². The minimum absolute atomic E-state index is 0.629. The number of hydrogen-bond donors (Lipinski definition) is 1. The Hall–Kier alpha value is -2.04. The first-order chi connectivity index (χ1) is 9.88. The number of rotatable bonds is 4. The number of benzene rings is 1. The Kier molecular flexibility index (Phi) is 3.85. The highest BCUT2D eigenvalue weighted by Crippen LogP contribution is 2.33. The van der Waals surface area contributed by atoms with Crippen LogP contribution in [0, 0.1) is 0 Å². The van der Waals surface area contributed by atoms with Crippen LogP contribution in [0.2, 0.25) is 0 Å². The maximum Gasteiger partial charge on any atom is 0.124 e. The Morgan fingerprint density at radius 2 is 1.80 bits per heavy atom. The molecule has 0 unspecified atom stereocenters. The Balaban J connectivity index is 2.08. The van der Waals surface area contributed by atoms with Crippen molar-refractivity contribution >= 4 is 11.3 Å². The van der Waals surface area contributed by atoms with Crippen LogP contribution in [0.5, 0.6) is 0 Å². The van der Waals surface area contributed by atoms with Crippen molar-refractivity contribution < 1.29 is 0 Å². The largest absolute Gasteiger partial charge is 0.330 e. The standard InChI is InChI=1S/C16H15N3S/c17-9-8-14-15(13-7-4-10-18-11-13)19-16(20-14)12-5-2-1-3-6-12/h1-7,10-11H,8-9,17H2. The molecule has 3 aromatic rings. The fourth-order valence-corrected chi connectivity index (χ4v) is 3.19. The molecule has 20 heavy (non-hydrogen) atoms. The Morgan fingerprint density at radius 3 is 2.50 bits per heavy atom. The van der Waals surface area contributed by atoms with Crippen LogP contribution in [0.3, 0.4) is 0 Å². The lowest BCUT2D eigenvalue weighted by Gasteiger charge is -1.99. The number of pyridine rings is 1. The van der Waals surface area contributed by atoms with E-state index in [1.54, 1.807) is 17.5 Å². The summed E-state index contributed by atoms with van der Waals surface area (Å²) in [6.07, 6.45) is 4.47. The highest BCUT2D eigenvalue weighted by atomic mass is 32.1. The van der Waals surface area contributed by atoms with Crippen LogP contribution < -0.4 is 5.73 Å². The van der Waals surface area contributed by atoms with Crippen LogP contribution in [-0.4, -0.2) is 16.5 Å². The van der Waals surface area contributed by atoms with Crippen molar-refractivity contribution in [1.29, 1.82) is 0 Å². The molecule has 0 saturated heterocycles. The highest BCUT2D eigenvalue weighted by molar-refractivity contribution is 7.15. The molecule has 100 valence electrons. The summed E-state index contributed by atoms with van der Waals surface area (Å²) in [5, 5.41) is 1.04. The molecule has 0 amide bonds. The van der Waals surface area contributed by atoms with Crippen molar-refractivity contribution in [3.05, 3.63) is 59.7 Å². The van der Waals surface area contributed by atoms with Crippen molar-refractivity contribution in [2.24, 2.45) is 5.73 Å². The normalized spacial score (nSPS) is 10.7. The first kappa shape index (κ1) is 13.0. The summed E-state index contributed by atoms with van der Waals surface area (Å²) >= 11 is 1.71. The van der Waals surface area contributed by atoms with Gasteiger partial charge in [0.1, 0.15) is 5.01 Å². The molecule has 0 atom stereocenters. The summed E-state index contributed by atoms with van der Waals surface area (Å²) in [6.45, 7) is 0.629. The maximum atomic E-state index is 5.72. The van der Waals surface area contributed by atoms with Crippen molar-refractivity contribution in [2.45, 2.75) is 6.42 Å². The number of nitrogens with two attached hydrogens (primary N) is 1. The molecule has 2 aromatic heterocycles. The van der Waals surface area contributed by atoms with Gasteiger partial charge in [-0.1, -0.05) is 30.3 Å². The molecular weight excluding hydrogens is 266 g/mol. The lowest BCUT2D eigenvalue weighted by atomic mass is 10.1. The van der Waals surface area contributed by atoms with Gasteiger partial charge in [0.25, 0.3) is 0 Å². The van der Waals surface area contributed by atoms with Crippen LogP contribution in [0.25, 0.3) is 21.8 Å². The average Bonchev–Trinajstić information content (AvgIpc) is 2.94. The molecule has 4 heteroatoms. The molecule has 0 aliphatic heterocycles. The molecule has 3 rings (SSSR count). The van der Waals surface area contributed by atoms with Crippen LogP contribution >= 0.6 is 11.3 Å². The van der Waals surface area contributed by atoms with Gasteiger partial charge < -0.3 is 5.73 Å². The van der Waals surface area contributed by atoms with Crippen LogP contribution in [-0.2, 0) is 6.42 Å². The van der Waals surface area contributed by atoms with E-state index in [-0.39, 0.29) is 0 Å². The minimum Gasteiger partial charge on any atom is -0.330 e. The fraction of sp³-hybridized carbons (Fsp3) is 0.125. The van der Waals surface area contributed by atoms with Gasteiger partial charge in [-0.25, -0.2) is 4.98 Å². The summed E-state index contributed by atoms with van der Waals surface area (Å²) < 4.78 is 0. The molecule has 2 heterocycles. The minimum atomic E-state index is 0.629. The van der Waals surface area contributed by atoms with Gasteiger partial charge in [0, 0.05) is 28.4 Å². The van der Waals surface area contributed by atoms with Crippen LogP contribution in [0.1, 0.15) is 4.88 Å². The average molecular weight is 281 g/mol. The molecule has 3 nitrogen and oxygen atoms in total. The summed E-state index contributed by atoms with van der Waals surface area (Å²) in [5.74, 6) is 0. The predicted octanol–water partition coefficient (Wildman–Crippen LogP) is 3.37. The van der Waals surface area contributed by atoms with E-state index in [4.69, 9.17) is 10.7 Å². The molecule has 2 N–H and O–H groups in total. The molecule has 0 bridgehead atoms. The molecule has 0 radical (unpaired) electrons. The second kappa shape index (κ2) is 5.94. The van der Waals surface area contributed by atoms with Gasteiger partial charge >= 0.3 is 0 Å². The molecule has 0 aliphatic carbocycles. The third-order valence-electron chi connectivity index (χ3n) is 3.02. The van der Waals surface area contributed by atoms with Gasteiger partial charge in [-0.05, 0) is 25.1 Å². The Morgan fingerprint density at radius 1 is 1.00 bits per heavy atom. The van der Waals surface area contributed by atoms with Crippen molar-refractivity contribution in [2.75, 3.05) is 6.54 Å². The van der Waals surface area contributed by atoms with E-state index in [2.05, 4.69) is 17.1 Å². The third-order valence-corrected chi connectivity index (χ3v) is 4.19. The van der Waals surface area contributed by atoms with Crippen molar-refractivity contribution in [1.82, 2.24) is 9.97 Å². The van der Waals surface area contributed by atoms with E-state index in [9.17, 15) is 0 Å². The van der Waals surface area contributed by atoms with Gasteiger partial charge in [-0.15, -0.1) is 11.3 Å². The van der Waals surface area contributed by atoms with E-state index >= 15 is 0 Å². The van der Waals surface area contributed by atoms with Gasteiger partial charge in [-0.3, -0.25) is 4.98 Å².